The van der Waals surface area contributed by atoms with Crippen LogP contribution in [0.2, 0.25) is 0 Å². The van der Waals surface area contributed by atoms with Gasteiger partial charge < -0.3 is 9.64 Å². The third-order valence-corrected chi connectivity index (χ3v) is 6.01. The van der Waals surface area contributed by atoms with Crippen LogP contribution in [0.25, 0.3) is 11.3 Å². The van der Waals surface area contributed by atoms with Gasteiger partial charge in [-0.2, -0.15) is 0 Å². The van der Waals surface area contributed by atoms with Crippen molar-refractivity contribution in [3.05, 3.63) is 33.6 Å². The lowest BCUT2D eigenvalue weighted by molar-refractivity contribution is 0.148. The maximum absolute atomic E-state index is 5.53. The Morgan fingerprint density at radius 1 is 1.17 bits per heavy atom. The van der Waals surface area contributed by atoms with Crippen molar-refractivity contribution in [3.63, 3.8) is 0 Å². The predicted octanol–water partition coefficient (Wildman–Crippen LogP) is 3.09. The van der Waals surface area contributed by atoms with Gasteiger partial charge in [-0.3, -0.25) is 4.90 Å². The number of nitrogens with zero attached hydrogens (tertiary/aromatic N) is 3. The van der Waals surface area contributed by atoms with Gasteiger partial charge in [-0.15, -0.1) is 23.7 Å². The second kappa shape index (κ2) is 7.40. The molecule has 6 heteroatoms. The number of aromatic nitrogens is 1. The Morgan fingerprint density at radius 2 is 1.96 bits per heavy atom. The second-order valence-electron chi connectivity index (χ2n) is 6.45. The molecule has 2 heterocycles. The van der Waals surface area contributed by atoms with Crippen molar-refractivity contribution in [2.45, 2.75) is 19.4 Å². The van der Waals surface area contributed by atoms with Crippen LogP contribution in [0.15, 0.2) is 18.2 Å². The van der Waals surface area contributed by atoms with E-state index in [4.69, 9.17) is 9.72 Å². The highest BCUT2D eigenvalue weighted by molar-refractivity contribution is 7.12. The third kappa shape index (κ3) is 3.31. The molecule has 2 aromatic rings. The minimum Gasteiger partial charge on any atom is -0.496 e. The van der Waals surface area contributed by atoms with Gasteiger partial charge in [-0.1, -0.05) is 12.1 Å². The largest absolute Gasteiger partial charge is 0.496 e. The third-order valence-electron chi connectivity index (χ3n) is 4.91. The summed E-state index contributed by atoms with van der Waals surface area (Å²) >= 11 is 1.90. The van der Waals surface area contributed by atoms with Crippen molar-refractivity contribution >= 4 is 23.7 Å². The van der Waals surface area contributed by atoms with E-state index in [2.05, 4.69) is 35.0 Å². The van der Waals surface area contributed by atoms with Gasteiger partial charge in [0, 0.05) is 42.2 Å². The molecule has 1 aliphatic carbocycles. The lowest BCUT2D eigenvalue weighted by Crippen LogP contribution is -2.43. The Labute approximate surface area is 153 Å². The zero-order valence-electron chi connectivity index (χ0n) is 14.2. The van der Waals surface area contributed by atoms with Crippen LogP contribution < -0.4 is 4.74 Å². The first kappa shape index (κ1) is 17.7. The number of aryl methyl sites for hydroxylation is 1. The van der Waals surface area contributed by atoms with E-state index in [0.29, 0.717) is 0 Å². The van der Waals surface area contributed by atoms with E-state index in [9.17, 15) is 0 Å². The molecule has 0 amide bonds. The van der Waals surface area contributed by atoms with Gasteiger partial charge in [-0.25, -0.2) is 4.98 Å². The Kier molecular flexibility index (Phi) is 5.45. The smallest absolute Gasteiger partial charge is 0.122 e. The van der Waals surface area contributed by atoms with E-state index < -0.39 is 0 Å². The van der Waals surface area contributed by atoms with E-state index in [1.807, 2.05) is 11.3 Å². The van der Waals surface area contributed by atoms with Crippen molar-refractivity contribution in [2.24, 2.45) is 0 Å². The number of hydrogen-bond acceptors (Lipinski definition) is 5. The summed E-state index contributed by atoms with van der Waals surface area (Å²) in [7, 11) is 3.95. The highest BCUT2D eigenvalue weighted by atomic mass is 35.5. The molecular weight excluding hydrogens is 342 g/mol. The molecule has 4 rings (SSSR count). The molecule has 1 aromatic carbocycles. The summed E-state index contributed by atoms with van der Waals surface area (Å²) in [5.41, 5.74) is 3.78. The van der Waals surface area contributed by atoms with Gasteiger partial charge in [0.25, 0.3) is 0 Å². The molecule has 4 nitrogen and oxygen atoms in total. The molecule has 0 radical (unpaired) electrons. The lowest BCUT2D eigenvalue weighted by atomic mass is 9.93. The Hall–Kier alpha value is -1.14. The maximum atomic E-state index is 5.53. The zero-order chi connectivity index (χ0) is 15.8. The summed E-state index contributed by atoms with van der Waals surface area (Å²) in [6.07, 6.45) is 2.14. The van der Waals surface area contributed by atoms with Crippen molar-refractivity contribution in [3.8, 4) is 17.0 Å². The Bertz CT molecular complexity index is 710. The van der Waals surface area contributed by atoms with Crippen molar-refractivity contribution in [1.82, 2.24) is 14.8 Å². The van der Waals surface area contributed by atoms with Crippen LogP contribution in [0.3, 0.4) is 0 Å². The fraction of sp³-hybridized carbons (Fsp3) is 0.500. The maximum Gasteiger partial charge on any atom is 0.122 e. The van der Waals surface area contributed by atoms with E-state index in [1.165, 1.54) is 26.7 Å². The van der Waals surface area contributed by atoms with Gasteiger partial charge in [-0.05, 0) is 26.0 Å². The van der Waals surface area contributed by atoms with Gasteiger partial charge in [0.15, 0.2) is 0 Å². The van der Waals surface area contributed by atoms with Gasteiger partial charge in [0.05, 0.1) is 19.3 Å². The number of rotatable bonds is 3. The van der Waals surface area contributed by atoms with Crippen molar-refractivity contribution in [1.29, 1.82) is 0 Å². The fourth-order valence-electron chi connectivity index (χ4n) is 3.52. The molecule has 1 aliphatic heterocycles. The summed E-state index contributed by atoms with van der Waals surface area (Å²) in [5.74, 6) is 1.00. The minimum atomic E-state index is 0. The normalized spacial score (nSPS) is 17.8. The SMILES string of the molecule is COc1cccc2c1CCc1sc(CN3CCN(C)CC3)nc1-2.Cl. The van der Waals surface area contributed by atoms with Crippen LogP contribution in [0.5, 0.6) is 5.75 Å². The summed E-state index contributed by atoms with van der Waals surface area (Å²) in [5, 5.41) is 1.26. The van der Waals surface area contributed by atoms with Crippen LogP contribution in [0.4, 0.5) is 0 Å². The van der Waals surface area contributed by atoms with Crippen molar-refractivity contribution < 1.29 is 4.74 Å². The first-order chi connectivity index (χ1) is 11.2. The van der Waals surface area contributed by atoms with Crippen LogP contribution in [-0.2, 0) is 19.4 Å². The van der Waals surface area contributed by atoms with E-state index in [-0.39, 0.29) is 12.4 Å². The molecule has 0 atom stereocenters. The molecule has 1 saturated heterocycles. The number of fused-ring (bicyclic) bond motifs is 3. The monoisotopic (exact) mass is 365 g/mol. The fourth-order valence-corrected chi connectivity index (χ4v) is 4.65. The molecule has 2 aliphatic rings. The molecule has 0 bridgehead atoms. The number of benzene rings is 1. The molecule has 1 fully saturated rings. The number of methoxy groups -OCH3 is 1. The molecule has 0 spiro atoms. The molecule has 0 unspecified atom stereocenters. The van der Waals surface area contributed by atoms with Gasteiger partial charge in [0.1, 0.15) is 10.8 Å². The number of piperazine rings is 1. The topological polar surface area (TPSA) is 28.6 Å². The van der Waals surface area contributed by atoms with E-state index in [1.54, 1.807) is 7.11 Å². The summed E-state index contributed by atoms with van der Waals surface area (Å²) < 4.78 is 5.53. The molecule has 0 saturated carbocycles. The van der Waals surface area contributed by atoms with Crippen LogP contribution in [0, 0.1) is 0 Å². The highest BCUT2D eigenvalue weighted by Gasteiger charge is 2.24. The minimum absolute atomic E-state index is 0. The summed E-state index contributed by atoms with van der Waals surface area (Å²) in [4.78, 5) is 11.3. The summed E-state index contributed by atoms with van der Waals surface area (Å²) in [6, 6.07) is 6.32. The first-order valence-corrected chi connectivity index (χ1v) is 9.12. The Balaban J connectivity index is 0.00000169. The lowest BCUT2D eigenvalue weighted by Gasteiger charge is -2.31. The number of hydrogen-bond donors (Lipinski definition) is 0. The number of likely N-dealkylation sites (N-methyl/N-ethyl adjacent to an activating group) is 1. The number of halogens is 1. The standard InChI is InChI=1S/C18H23N3OS.ClH/c1-20-8-10-21(11-9-20)12-17-19-18-14-4-3-5-15(22-2)13(14)6-7-16(18)23-17;/h3-5H,6-12H2,1-2H3;1H. The molecular formula is C18H24ClN3OS. The number of ether oxygens (including phenoxy) is 1. The molecule has 0 N–H and O–H groups in total. The first-order valence-electron chi connectivity index (χ1n) is 8.30. The van der Waals surface area contributed by atoms with Crippen molar-refractivity contribution in [2.75, 3.05) is 40.3 Å². The van der Waals surface area contributed by atoms with Crippen LogP contribution >= 0.6 is 23.7 Å². The van der Waals surface area contributed by atoms with Crippen LogP contribution in [-0.4, -0.2) is 55.1 Å². The highest BCUT2D eigenvalue weighted by Crippen LogP contribution is 2.40. The van der Waals surface area contributed by atoms with Gasteiger partial charge >= 0.3 is 0 Å². The molecule has 1 aromatic heterocycles. The molecule has 130 valence electrons. The summed E-state index contributed by atoms with van der Waals surface area (Å²) in [6.45, 7) is 5.59. The van der Waals surface area contributed by atoms with Gasteiger partial charge in [0.2, 0.25) is 0 Å². The zero-order valence-corrected chi connectivity index (χ0v) is 15.9. The predicted molar refractivity (Wildman–Crippen MR) is 102 cm³/mol. The van der Waals surface area contributed by atoms with Crippen LogP contribution in [0.1, 0.15) is 15.4 Å². The second-order valence-corrected chi connectivity index (χ2v) is 7.61. The average Bonchev–Trinajstić information content (AvgIpc) is 2.99. The van der Waals surface area contributed by atoms with E-state index >= 15 is 0 Å². The molecule has 24 heavy (non-hydrogen) atoms. The number of thiazole rings is 1. The van der Waals surface area contributed by atoms with E-state index in [0.717, 1.165) is 51.3 Å². The average molecular weight is 366 g/mol. The Morgan fingerprint density at radius 3 is 2.71 bits per heavy atom. The quantitative estimate of drug-likeness (QED) is 0.835.